The number of hydrogen-bond donors (Lipinski definition) is 2. The summed E-state index contributed by atoms with van der Waals surface area (Å²) < 4.78 is 6.33. The number of aromatic nitrogens is 1. The molecule has 0 radical (unpaired) electrons. The van der Waals surface area contributed by atoms with E-state index in [1.54, 1.807) is 24.3 Å². The Morgan fingerprint density at radius 2 is 1.59 bits per heavy atom. The van der Waals surface area contributed by atoms with E-state index in [1.807, 2.05) is 42.5 Å². The fourth-order valence-corrected chi connectivity index (χ4v) is 2.67. The van der Waals surface area contributed by atoms with Gasteiger partial charge in [0.2, 0.25) is 0 Å². The minimum absolute atomic E-state index is 0.0217. The number of ether oxygens (including phenoxy) is 1. The molecular formula is C20H15N5O2. The first kappa shape index (κ1) is 17.6. The van der Waals surface area contributed by atoms with Crippen LogP contribution in [0.15, 0.2) is 59.4 Å². The van der Waals surface area contributed by atoms with Gasteiger partial charge in [0.1, 0.15) is 41.4 Å². The van der Waals surface area contributed by atoms with E-state index in [4.69, 9.17) is 16.3 Å². The molecule has 132 valence electrons. The van der Waals surface area contributed by atoms with Crippen LogP contribution in [0.5, 0.6) is 5.75 Å². The lowest BCUT2D eigenvalue weighted by Crippen LogP contribution is -2.33. The van der Waals surface area contributed by atoms with Crippen LogP contribution in [0, 0.1) is 22.7 Å². The molecule has 3 aromatic rings. The third-order valence-corrected chi connectivity index (χ3v) is 4.06. The monoisotopic (exact) mass is 357 g/mol. The van der Waals surface area contributed by atoms with Crippen LogP contribution < -0.4 is 21.9 Å². The molecule has 0 unspecified atom stereocenters. The second kappa shape index (κ2) is 7.34. The fourth-order valence-electron chi connectivity index (χ4n) is 2.67. The molecule has 0 fully saturated rings. The molecule has 0 aliphatic heterocycles. The Bertz CT molecular complexity index is 1120. The van der Waals surface area contributed by atoms with E-state index in [0.717, 1.165) is 5.56 Å². The lowest BCUT2D eigenvalue weighted by Gasteiger charge is -2.13. The van der Waals surface area contributed by atoms with Crippen molar-refractivity contribution in [1.29, 1.82) is 10.5 Å². The van der Waals surface area contributed by atoms with Crippen LogP contribution in [-0.4, -0.2) is 4.68 Å². The SMILES string of the molecule is N#Cc1c(-c2ccc(OCc3ccccc3)cc2)c(C#N)c(=O)n(N)c1N. The molecule has 0 aliphatic rings. The first-order valence-corrected chi connectivity index (χ1v) is 7.97. The molecule has 0 aliphatic carbocycles. The predicted octanol–water partition coefficient (Wildman–Crippen LogP) is 2.13. The van der Waals surface area contributed by atoms with Gasteiger partial charge in [0.15, 0.2) is 0 Å². The minimum Gasteiger partial charge on any atom is -0.489 e. The van der Waals surface area contributed by atoms with Gasteiger partial charge in [-0.1, -0.05) is 42.5 Å². The summed E-state index contributed by atoms with van der Waals surface area (Å²) in [5, 5.41) is 18.8. The topological polar surface area (TPSA) is 131 Å². The molecule has 3 rings (SSSR count). The Kier molecular flexibility index (Phi) is 4.78. The van der Waals surface area contributed by atoms with Crippen LogP contribution in [0.3, 0.4) is 0 Å². The third kappa shape index (κ3) is 3.30. The number of anilines is 1. The van der Waals surface area contributed by atoms with Crippen LogP contribution in [0.25, 0.3) is 11.1 Å². The molecular weight excluding hydrogens is 342 g/mol. The Morgan fingerprint density at radius 3 is 2.19 bits per heavy atom. The van der Waals surface area contributed by atoms with E-state index in [1.165, 1.54) is 0 Å². The maximum absolute atomic E-state index is 12.2. The zero-order chi connectivity index (χ0) is 19.4. The van der Waals surface area contributed by atoms with Crippen molar-refractivity contribution < 1.29 is 4.74 Å². The van der Waals surface area contributed by atoms with Crippen LogP contribution in [-0.2, 0) is 6.61 Å². The Labute approximate surface area is 155 Å². The summed E-state index contributed by atoms with van der Waals surface area (Å²) >= 11 is 0. The zero-order valence-electron chi connectivity index (χ0n) is 14.2. The highest BCUT2D eigenvalue weighted by Gasteiger charge is 2.20. The molecule has 0 spiro atoms. The van der Waals surface area contributed by atoms with Gasteiger partial charge in [-0.25, -0.2) is 4.68 Å². The van der Waals surface area contributed by atoms with Crippen LogP contribution in [0.4, 0.5) is 5.82 Å². The molecule has 27 heavy (non-hydrogen) atoms. The number of nitrogens with two attached hydrogens (primary N) is 2. The highest BCUT2D eigenvalue weighted by molar-refractivity contribution is 5.80. The summed E-state index contributed by atoms with van der Waals surface area (Å²) in [6, 6.07) is 20.2. The van der Waals surface area contributed by atoms with Gasteiger partial charge in [-0.15, -0.1) is 0 Å². The van der Waals surface area contributed by atoms with Gasteiger partial charge in [0, 0.05) is 5.56 Å². The van der Waals surface area contributed by atoms with E-state index in [9.17, 15) is 15.3 Å². The van der Waals surface area contributed by atoms with Crippen molar-refractivity contribution in [3.05, 3.63) is 81.6 Å². The molecule has 7 nitrogen and oxygen atoms in total. The van der Waals surface area contributed by atoms with Gasteiger partial charge < -0.3 is 16.3 Å². The number of benzene rings is 2. The molecule has 0 amide bonds. The molecule has 4 N–H and O–H groups in total. The van der Waals surface area contributed by atoms with Gasteiger partial charge >= 0.3 is 0 Å². The summed E-state index contributed by atoms with van der Waals surface area (Å²) in [7, 11) is 0. The highest BCUT2D eigenvalue weighted by Crippen LogP contribution is 2.30. The zero-order valence-corrected chi connectivity index (χ0v) is 14.2. The van der Waals surface area contributed by atoms with E-state index < -0.39 is 5.56 Å². The van der Waals surface area contributed by atoms with Gasteiger partial charge in [0.05, 0.1) is 0 Å². The summed E-state index contributed by atoms with van der Waals surface area (Å²) in [6.45, 7) is 0.406. The summed E-state index contributed by atoms with van der Waals surface area (Å²) in [4.78, 5) is 12.2. The second-order valence-corrected chi connectivity index (χ2v) is 5.71. The first-order valence-electron chi connectivity index (χ1n) is 7.97. The Morgan fingerprint density at radius 1 is 0.963 bits per heavy atom. The van der Waals surface area contributed by atoms with E-state index in [-0.39, 0.29) is 22.5 Å². The van der Waals surface area contributed by atoms with Crippen LogP contribution >= 0.6 is 0 Å². The molecule has 1 heterocycles. The summed E-state index contributed by atoms with van der Waals surface area (Å²) in [5.41, 5.74) is 6.46. The molecule has 2 aromatic carbocycles. The van der Waals surface area contributed by atoms with Crippen molar-refractivity contribution in [2.45, 2.75) is 6.61 Å². The Balaban J connectivity index is 1.97. The van der Waals surface area contributed by atoms with Crippen molar-refractivity contribution in [3.63, 3.8) is 0 Å². The van der Waals surface area contributed by atoms with E-state index >= 15 is 0 Å². The summed E-state index contributed by atoms with van der Waals surface area (Å²) in [5.74, 6) is 5.97. The van der Waals surface area contributed by atoms with Crippen molar-refractivity contribution >= 4 is 5.82 Å². The highest BCUT2D eigenvalue weighted by atomic mass is 16.5. The smallest absolute Gasteiger partial charge is 0.289 e. The van der Waals surface area contributed by atoms with Gasteiger partial charge in [-0.05, 0) is 23.3 Å². The molecule has 0 saturated heterocycles. The number of pyridine rings is 1. The minimum atomic E-state index is -0.756. The largest absolute Gasteiger partial charge is 0.489 e. The number of hydrogen-bond acceptors (Lipinski definition) is 6. The fraction of sp³-hybridized carbons (Fsp3) is 0.0500. The van der Waals surface area contributed by atoms with Crippen LogP contribution in [0.2, 0.25) is 0 Å². The molecule has 0 saturated carbocycles. The lowest BCUT2D eigenvalue weighted by molar-refractivity contribution is 0.306. The predicted molar refractivity (Wildman–Crippen MR) is 101 cm³/mol. The molecule has 1 aromatic heterocycles. The second-order valence-electron chi connectivity index (χ2n) is 5.71. The lowest BCUT2D eigenvalue weighted by atomic mass is 9.96. The average Bonchev–Trinajstić information content (AvgIpc) is 2.71. The van der Waals surface area contributed by atoms with Crippen LogP contribution in [0.1, 0.15) is 16.7 Å². The van der Waals surface area contributed by atoms with Crippen molar-refractivity contribution in [2.75, 3.05) is 11.6 Å². The van der Waals surface area contributed by atoms with Crippen molar-refractivity contribution in [3.8, 4) is 29.0 Å². The first-order chi connectivity index (χ1) is 13.1. The van der Waals surface area contributed by atoms with Gasteiger partial charge in [0.25, 0.3) is 5.56 Å². The average molecular weight is 357 g/mol. The van der Waals surface area contributed by atoms with Crippen molar-refractivity contribution in [2.24, 2.45) is 0 Å². The molecule has 0 bridgehead atoms. The van der Waals surface area contributed by atoms with Gasteiger partial charge in [-0.2, -0.15) is 10.5 Å². The number of rotatable bonds is 4. The quantitative estimate of drug-likeness (QED) is 0.688. The maximum atomic E-state index is 12.2. The Hall–Kier alpha value is -4.23. The standard InChI is InChI=1S/C20H15N5O2/c21-10-16-18(17(11-22)20(26)25(24)19(16)23)14-6-8-15(9-7-14)27-12-13-4-2-1-3-5-13/h1-9H,12,23-24H2. The third-order valence-electron chi connectivity index (χ3n) is 4.06. The number of nitriles is 2. The number of nitrogen functional groups attached to an aromatic ring is 2. The molecule has 7 heteroatoms. The maximum Gasteiger partial charge on any atom is 0.289 e. The van der Waals surface area contributed by atoms with Gasteiger partial charge in [-0.3, -0.25) is 4.79 Å². The normalized spacial score (nSPS) is 10.0. The van der Waals surface area contributed by atoms with E-state index in [0.29, 0.717) is 22.6 Å². The number of nitrogens with zero attached hydrogens (tertiary/aromatic N) is 3. The van der Waals surface area contributed by atoms with Crippen molar-refractivity contribution in [1.82, 2.24) is 4.68 Å². The van der Waals surface area contributed by atoms with E-state index in [2.05, 4.69) is 0 Å². The summed E-state index contributed by atoms with van der Waals surface area (Å²) in [6.07, 6.45) is 0. The molecule has 0 atom stereocenters.